The summed E-state index contributed by atoms with van der Waals surface area (Å²) in [6, 6.07) is 0.672. The molecule has 16 heavy (non-hydrogen) atoms. The van der Waals surface area contributed by atoms with Crippen molar-refractivity contribution in [2.75, 3.05) is 19.7 Å². The fraction of sp³-hybridized carbons (Fsp3) is 1.00. The lowest BCUT2D eigenvalue weighted by Crippen LogP contribution is -2.29. The number of likely N-dealkylation sites (tertiary alicyclic amines) is 1. The van der Waals surface area contributed by atoms with E-state index in [0.29, 0.717) is 12.1 Å². The fourth-order valence-corrected chi connectivity index (χ4v) is 2.60. The maximum absolute atomic E-state index is 5.81. The van der Waals surface area contributed by atoms with Gasteiger partial charge in [0.05, 0.1) is 12.7 Å². The molecule has 2 nitrogen and oxygen atoms in total. The van der Waals surface area contributed by atoms with Gasteiger partial charge in [-0.3, -0.25) is 0 Å². The topological polar surface area (TPSA) is 12.5 Å². The zero-order chi connectivity index (χ0) is 12.3. The van der Waals surface area contributed by atoms with Gasteiger partial charge in [-0.25, -0.2) is 0 Å². The van der Waals surface area contributed by atoms with E-state index < -0.39 is 0 Å². The summed E-state index contributed by atoms with van der Waals surface area (Å²) in [6.45, 7) is 16.9. The summed E-state index contributed by atoms with van der Waals surface area (Å²) in [4.78, 5) is 2.60. The Morgan fingerprint density at radius 1 is 1.06 bits per heavy atom. The van der Waals surface area contributed by atoms with E-state index in [4.69, 9.17) is 4.74 Å². The second-order valence-electron chi connectivity index (χ2n) is 6.10. The highest BCUT2D eigenvalue weighted by molar-refractivity contribution is 4.87. The smallest absolute Gasteiger partial charge is 0.0519 e. The van der Waals surface area contributed by atoms with Gasteiger partial charge in [-0.05, 0) is 45.4 Å². The van der Waals surface area contributed by atoms with Crippen molar-refractivity contribution >= 4 is 0 Å². The van der Waals surface area contributed by atoms with E-state index in [-0.39, 0.29) is 0 Å². The first-order chi connectivity index (χ1) is 7.41. The minimum absolute atomic E-state index is 0.362. The Balaban J connectivity index is 2.52. The van der Waals surface area contributed by atoms with Crippen LogP contribution in [0.5, 0.6) is 0 Å². The number of hydrogen-bond acceptors (Lipinski definition) is 2. The minimum atomic E-state index is 0.362. The van der Waals surface area contributed by atoms with Crippen molar-refractivity contribution < 1.29 is 4.74 Å². The molecule has 2 heteroatoms. The molecule has 0 aliphatic carbocycles. The summed E-state index contributed by atoms with van der Waals surface area (Å²) in [5, 5.41) is 0. The second-order valence-corrected chi connectivity index (χ2v) is 6.10. The van der Waals surface area contributed by atoms with Gasteiger partial charge in [-0.2, -0.15) is 0 Å². The highest BCUT2D eigenvalue weighted by Crippen LogP contribution is 2.31. The summed E-state index contributed by atoms with van der Waals surface area (Å²) < 4.78 is 5.81. The first-order valence-electron chi connectivity index (χ1n) is 6.77. The zero-order valence-electron chi connectivity index (χ0n) is 11.9. The summed E-state index contributed by atoms with van der Waals surface area (Å²) >= 11 is 0. The third kappa shape index (κ3) is 3.74. The molecule has 1 heterocycles. The van der Waals surface area contributed by atoms with Crippen LogP contribution in [0.3, 0.4) is 0 Å². The fourth-order valence-electron chi connectivity index (χ4n) is 2.60. The molecule has 0 aromatic heterocycles. The van der Waals surface area contributed by atoms with Crippen LogP contribution in [0.25, 0.3) is 0 Å². The molecule has 0 amide bonds. The molecule has 1 aliphatic heterocycles. The van der Waals surface area contributed by atoms with Crippen molar-refractivity contribution in [1.82, 2.24) is 4.90 Å². The lowest BCUT2D eigenvalue weighted by molar-refractivity contribution is 0.0385. The van der Waals surface area contributed by atoms with E-state index in [1.54, 1.807) is 0 Å². The summed E-state index contributed by atoms with van der Waals surface area (Å²) in [5.41, 5.74) is 0. The Hall–Kier alpha value is -0.0800. The highest BCUT2D eigenvalue weighted by atomic mass is 16.5. The van der Waals surface area contributed by atoms with E-state index in [2.05, 4.69) is 46.4 Å². The van der Waals surface area contributed by atoms with Crippen LogP contribution in [0.4, 0.5) is 0 Å². The number of ether oxygens (including phenoxy) is 1. The maximum atomic E-state index is 5.81. The normalized spacial score (nSPS) is 27.6. The average molecular weight is 227 g/mol. The van der Waals surface area contributed by atoms with Crippen LogP contribution >= 0.6 is 0 Å². The standard InChI is InChI=1S/C14H29NO/c1-10(2)14-8-15(11(3)4)7-13(14)9-16-12(5)6/h10-14H,7-9H2,1-6H3. The van der Waals surface area contributed by atoms with Crippen LogP contribution < -0.4 is 0 Å². The predicted octanol–water partition coefficient (Wildman–Crippen LogP) is 3.02. The van der Waals surface area contributed by atoms with Gasteiger partial charge in [0.1, 0.15) is 0 Å². The molecular formula is C14H29NO. The van der Waals surface area contributed by atoms with Gasteiger partial charge in [0.2, 0.25) is 0 Å². The van der Waals surface area contributed by atoms with Gasteiger partial charge in [-0.1, -0.05) is 13.8 Å². The number of nitrogens with zero attached hydrogens (tertiary/aromatic N) is 1. The molecule has 0 radical (unpaired) electrons. The van der Waals surface area contributed by atoms with Crippen LogP contribution in [0.2, 0.25) is 0 Å². The van der Waals surface area contributed by atoms with E-state index in [1.807, 2.05) is 0 Å². The summed E-state index contributed by atoms with van der Waals surface area (Å²) in [7, 11) is 0. The van der Waals surface area contributed by atoms with Crippen molar-refractivity contribution in [2.45, 2.75) is 53.7 Å². The van der Waals surface area contributed by atoms with Gasteiger partial charge >= 0.3 is 0 Å². The molecule has 2 atom stereocenters. The van der Waals surface area contributed by atoms with Crippen molar-refractivity contribution in [3.63, 3.8) is 0 Å². The highest BCUT2D eigenvalue weighted by Gasteiger charge is 2.35. The van der Waals surface area contributed by atoms with Crippen LogP contribution in [-0.4, -0.2) is 36.7 Å². The second kappa shape index (κ2) is 6.02. The van der Waals surface area contributed by atoms with E-state index >= 15 is 0 Å². The molecule has 0 bridgehead atoms. The van der Waals surface area contributed by atoms with Crippen molar-refractivity contribution in [1.29, 1.82) is 0 Å². The molecule has 0 aromatic carbocycles. The van der Waals surface area contributed by atoms with Gasteiger partial charge in [0.25, 0.3) is 0 Å². The molecule has 1 saturated heterocycles. The molecular weight excluding hydrogens is 198 g/mol. The third-order valence-corrected chi connectivity index (χ3v) is 3.75. The third-order valence-electron chi connectivity index (χ3n) is 3.75. The quantitative estimate of drug-likeness (QED) is 0.716. The number of hydrogen-bond donors (Lipinski definition) is 0. The Bertz CT molecular complexity index is 201. The first kappa shape index (κ1) is 14.0. The monoisotopic (exact) mass is 227 g/mol. The van der Waals surface area contributed by atoms with Gasteiger partial charge in [0.15, 0.2) is 0 Å². The van der Waals surface area contributed by atoms with Crippen LogP contribution in [0.15, 0.2) is 0 Å². The first-order valence-corrected chi connectivity index (χ1v) is 6.77. The maximum Gasteiger partial charge on any atom is 0.0519 e. The summed E-state index contributed by atoms with van der Waals surface area (Å²) in [5.74, 6) is 2.30. The zero-order valence-corrected chi connectivity index (χ0v) is 11.9. The molecule has 96 valence electrons. The van der Waals surface area contributed by atoms with Gasteiger partial charge in [-0.15, -0.1) is 0 Å². The molecule has 2 unspecified atom stereocenters. The molecule has 1 rings (SSSR count). The van der Waals surface area contributed by atoms with E-state index in [1.165, 1.54) is 13.1 Å². The van der Waals surface area contributed by atoms with Gasteiger partial charge in [0, 0.05) is 19.1 Å². The van der Waals surface area contributed by atoms with Crippen molar-refractivity contribution in [3.8, 4) is 0 Å². The molecule has 0 N–H and O–H groups in total. The Morgan fingerprint density at radius 2 is 1.69 bits per heavy atom. The largest absolute Gasteiger partial charge is 0.378 e. The lowest BCUT2D eigenvalue weighted by atomic mass is 9.87. The van der Waals surface area contributed by atoms with Crippen LogP contribution in [0.1, 0.15) is 41.5 Å². The lowest BCUT2D eigenvalue weighted by Gasteiger charge is -2.22. The Labute approximate surface area is 101 Å². The molecule has 0 spiro atoms. The molecule has 1 aliphatic rings. The summed E-state index contributed by atoms with van der Waals surface area (Å²) in [6.07, 6.45) is 0.362. The van der Waals surface area contributed by atoms with Crippen molar-refractivity contribution in [2.24, 2.45) is 17.8 Å². The Morgan fingerprint density at radius 3 is 2.12 bits per heavy atom. The minimum Gasteiger partial charge on any atom is -0.378 e. The molecule has 1 fully saturated rings. The van der Waals surface area contributed by atoms with E-state index in [9.17, 15) is 0 Å². The van der Waals surface area contributed by atoms with Gasteiger partial charge < -0.3 is 9.64 Å². The number of rotatable bonds is 5. The van der Waals surface area contributed by atoms with E-state index in [0.717, 1.165) is 24.4 Å². The van der Waals surface area contributed by atoms with Crippen molar-refractivity contribution in [3.05, 3.63) is 0 Å². The van der Waals surface area contributed by atoms with Crippen LogP contribution in [0, 0.1) is 17.8 Å². The molecule has 0 aromatic rings. The van der Waals surface area contributed by atoms with Crippen LogP contribution in [-0.2, 0) is 4.74 Å². The SMILES string of the molecule is CC(C)OCC1CN(C(C)C)CC1C(C)C. The predicted molar refractivity (Wildman–Crippen MR) is 69.6 cm³/mol. The molecule has 0 saturated carbocycles. The average Bonchev–Trinajstić information content (AvgIpc) is 2.58. The Kier molecular flexibility index (Phi) is 5.26.